The zero-order chi connectivity index (χ0) is 14.8. The lowest BCUT2D eigenvalue weighted by molar-refractivity contribution is -0.162. The third kappa shape index (κ3) is 3.93. The zero-order valence-corrected chi connectivity index (χ0v) is 13.0. The first-order valence-electron chi connectivity index (χ1n) is 7.62. The Bertz CT molecular complexity index is 348. The summed E-state index contributed by atoms with van der Waals surface area (Å²) in [6, 6.07) is 0. The molecule has 116 valence electrons. The molecule has 2 saturated heterocycles. The molecule has 2 heterocycles. The topological polar surface area (TPSA) is 53.0 Å². The fourth-order valence-corrected chi connectivity index (χ4v) is 3.06. The van der Waals surface area contributed by atoms with Crippen molar-refractivity contribution in [2.24, 2.45) is 5.41 Å². The van der Waals surface area contributed by atoms with Gasteiger partial charge in [0.15, 0.2) is 5.60 Å². The molecule has 5 heteroatoms. The Morgan fingerprint density at radius 1 is 1.25 bits per heavy atom. The third-order valence-corrected chi connectivity index (χ3v) is 3.96. The van der Waals surface area contributed by atoms with E-state index in [0.29, 0.717) is 32.7 Å². The molecule has 5 nitrogen and oxygen atoms in total. The number of nitrogens with zero attached hydrogens (tertiary/aromatic N) is 2. The van der Waals surface area contributed by atoms with E-state index in [1.54, 1.807) is 0 Å². The molecule has 2 aliphatic heterocycles. The number of morpholine rings is 1. The maximum absolute atomic E-state index is 12.6. The molecule has 2 fully saturated rings. The highest BCUT2D eigenvalue weighted by Crippen LogP contribution is 2.27. The van der Waals surface area contributed by atoms with Crippen molar-refractivity contribution in [2.45, 2.75) is 39.2 Å². The maximum atomic E-state index is 12.6. The Hall–Kier alpha value is -0.650. The molecule has 1 N–H and O–H groups in total. The number of rotatable bonds is 3. The van der Waals surface area contributed by atoms with Gasteiger partial charge < -0.3 is 14.7 Å². The standard InChI is InChI=1S/C15H28N2O3/c1-14(2,3)11-17-6-4-5-15(19,13(17)18)12-16-7-9-20-10-8-16/h19H,4-12H2,1-3H3. The zero-order valence-electron chi connectivity index (χ0n) is 13.0. The molecular formula is C15H28N2O3. The Morgan fingerprint density at radius 3 is 2.50 bits per heavy atom. The van der Waals surface area contributed by atoms with Crippen molar-refractivity contribution in [3.63, 3.8) is 0 Å². The first-order valence-corrected chi connectivity index (χ1v) is 7.62. The highest BCUT2D eigenvalue weighted by Gasteiger charge is 2.44. The SMILES string of the molecule is CC(C)(C)CN1CCCC(O)(CN2CCOCC2)C1=O. The summed E-state index contributed by atoms with van der Waals surface area (Å²) in [7, 11) is 0. The lowest BCUT2D eigenvalue weighted by Crippen LogP contribution is -2.60. The quantitative estimate of drug-likeness (QED) is 0.829. The fraction of sp³-hybridized carbons (Fsp3) is 0.933. The van der Waals surface area contributed by atoms with Gasteiger partial charge in [0.25, 0.3) is 5.91 Å². The number of carbonyl (C=O) groups is 1. The predicted molar refractivity (Wildman–Crippen MR) is 77.5 cm³/mol. The van der Waals surface area contributed by atoms with Crippen molar-refractivity contribution in [3.8, 4) is 0 Å². The summed E-state index contributed by atoms with van der Waals surface area (Å²) in [6.45, 7) is 11.3. The lowest BCUT2D eigenvalue weighted by Gasteiger charge is -2.43. The van der Waals surface area contributed by atoms with Gasteiger partial charge in [0, 0.05) is 32.7 Å². The van der Waals surface area contributed by atoms with Gasteiger partial charge >= 0.3 is 0 Å². The molecule has 1 atom stereocenters. The highest BCUT2D eigenvalue weighted by molar-refractivity contribution is 5.86. The van der Waals surface area contributed by atoms with Gasteiger partial charge in [0.05, 0.1) is 13.2 Å². The van der Waals surface area contributed by atoms with Gasteiger partial charge in [-0.05, 0) is 18.3 Å². The van der Waals surface area contributed by atoms with Gasteiger partial charge in [-0.2, -0.15) is 0 Å². The molecule has 0 aromatic rings. The minimum Gasteiger partial charge on any atom is -0.379 e. The molecule has 0 bridgehead atoms. The largest absolute Gasteiger partial charge is 0.379 e. The van der Waals surface area contributed by atoms with Crippen molar-refractivity contribution < 1.29 is 14.6 Å². The predicted octanol–water partition coefficient (Wildman–Crippen LogP) is 0.718. The minimum atomic E-state index is -1.21. The van der Waals surface area contributed by atoms with E-state index in [2.05, 4.69) is 25.7 Å². The van der Waals surface area contributed by atoms with Crippen LogP contribution in [0.5, 0.6) is 0 Å². The van der Waals surface area contributed by atoms with Crippen molar-refractivity contribution in [1.82, 2.24) is 9.80 Å². The number of ether oxygens (including phenoxy) is 1. The molecule has 0 radical (unpaired) electrons. The van der Waals surface area contributed by atoms with E-state index in [1.165, 1.54) is 0 Å². The van der Waals surface area contributed by atoms with Crippen LogP contribution >= 0.6 is 0 Å². The van der Waals surface area contributed by atoms with Crippen LogP contribution in [0.3, 0.4) is 0 Å². The van der Waals surface area contributed by atoms with Gasteiger partial charge in [-0.15, -0.1) is 0 Å². The maximum Gasteiger partial charge on any atom is 0.255 e. The molecule has 0 saturated carbocycles. The summed E-state index contributed by atoms with van der Waals surface area (Å²) in [4.78, 5) is 16.6. The molecule has 2 rings (SSSR count). The van der Waals surface area contributed by atoms with Crippen LogP contribution in [0.1, 0.15) is 33.6 Å². The monoisotopic (exact) mass is 284 g/mol. The Labute approximate surface area is 121 Å². The second-order valence-corrected chi connectivity index (χ2v) is 7.31. The van der Waals surface area contributed by atoms with E-state index < -0.39 is 5.60 Å². The van der Waals surface area contributed by atoms with Crippen molar-refractivity contribution in [1.29, 1.82) is 0 Å². The van der Waals surface area contributed by atoms with E-state index in [-0.39, 0.29) is 11.3 Å². The van der Waals surface area contributed by atoms with E-state index in [1.807, 2.05) is 4.90 Å². The first-order chi connectivity index (χ1) is 9.30. The van der Waals surface area contributed by atoms with Crippen LogP contribution in [0, 0.1) is 5.41 Å². The van der Waals surface area contributed by atoms with Crippen LogP contribution in [0.2, 0.25) is 0 Å². The minimum absolute atomic E-state index is 0.0624. The van der Waals surface area contributed by atoms with E-state index >= 15 is 0 Å². The normalized spacial score (nSPS) is 29.8. The second kappa shape index (κ2) is 6.00. The molecular weight excluding hydrogens is 256 g/mol. The fourth-order valence-electron chi connectivity index (χ4n) is 3.06. The molecule has 20 heavy (non-hydrogen) atoms. The van der Waals surface area contributed by atoms with Crippen LogP contribution in [0.25, 0.3) is 0 Å². The smallest absolute Gasteiger partial charge is 0.255 e. The number of piperidine rings is 1. The number of amides is 1. The Morgan fingerprint density at radius 2 is 1.90 bits per heavy atom. The Kier molecular flexibility index (Phi) is 4.72. The summed E-state index contributed by atoms with van der Waals surface area (Å²) in [5, 5.41) is 10.8. The average molecular weight is 284 g/mol. The average Bonchev–Trinajstić information content (AvgIpc) is 2.35. The number of hydrogen-bond donors (Lipinski definition) is 1. The van der Waals surface area contributed by atoms with E-state index in [4.69, 9.17) is 4.74 Å². The summed E-state index contributed by atoms with van der Waals surface area (Å²) < 4.78 is 5.32. The lowest BCUT2D eigenvalue weighted by atomic mass is 9.88. The van der Waals surface area contributed by atoms with Crippen molar-refractivity contribution >= 4 is 5.91 Å². The van der Waals surface area contributed by atoms with Gasteiger partial charge in [0.2, 0.25) is 0 Å². The number of likely N-dealkylation sites (tertiary alicyclic amines) is 1. The number of β-amino-alcohol motifs (C(OH)–C–C–N with tert-alkyl or cyclic N) is 1. The van der Waals surface area contributed by atoms with Gasteiger partial charge in [-0.3, -0.25) is 9.69 Å². The highest BCUT2D eigenvalue weighted by atomic mass is 16.5. The number of hydrogen-bond acceptors (Lipinski definition) is 4. The van der Waals surface area contributed by atoms with Crippen molar-refractivity contribution in [2.75, 3.05) is 45.9 Å². The van der Waals surface area contributed by atoms with Crippen LogP contribution in [-0.2, 0) is 9.53 Å². The van der Waals surface area contributed by atoms with Crippen molar-refractivity contribution in [3.05, 3.63) is 0 Å². The Balaban J connectivity index is 2.00. The molecule has 1 amide bonds. The summed E-state index contributed by atoms with van der Waals surface area (Å²) >= 11 is 0. The molecule has 0 aromatic carbocycles. The summed E-state index contributed by atoms with van der Waals surface area (Å²) in [5.41, 5.74) is -1.15. The molecule has 1 unspecified atom stereocenters. The molecule has 2 aliphatic rings. The molecule has 0 spiro atoms. The van der Waals surface area contributed by atoms with E-state index in [0.717, 1.165) is 26.1 Å². The summed E-state index contributed by atoms with van der Waals surface area (Å²) in [5.74, 6) is -0.0924. The van der Waals surface area contributed by atoms with Gasteiger partial charge in [0.1, 0.15) is 0 Å². The molecule has 0 aromatic heterocycles. The van der Waals surface area contributed by atoms with Crippen LogP contribution in [0.15, 0.2) is 0 Å². The van der Waals surface area contributed by atoms with Crippen LogP contribution < -0.4 is 0 Å². The second-order valence-electron chi connectivity index (χ2n) is 7.31. The van der Waals surface area contributed by atoms with E-state index in [9.17, 15) is 9.90 Å². The van der Waals surface area contributed by atoms with Gasteiger partial charge in [-0.25, -0.2) is 0 Å². The van der Waals surface area contributed by atoms with Crippen LogP contribution in [-0.4, -0.2) is 72.4 Å². The van der Waals surface area contributed by atoms with Gasteiger partial charge in [-0.1, -0.05) is 20.8 Å². The summed E-state index contributed by atoms with van der Waals surface area (Å²) in [6.07, 6.45) is 1.45. The third-order valence-electron chi connectivity index (χ3n) is 3.96. The van der Waals surface area contributed by atoms with Crippen LogP contribution in [0.4, 0.5) is 0 Å². The number of aliphatic hydroxyl groups is 1. The first kappa shape index (κ1) is 15.7. The number of carbonyl (C=O) groups excluding carboxylic acids is 1. The molecule has 0 aliphatic carbocycles.